The van der Waals surface area contributed by atoms with Crippen molar-refractivity contribution in [3.63, 3.8) is 0 Å². The number of hydrogen-bond donors (Lipinski definition) is 0. The lowest BCUT2D eigenvalue weighted by Crippen LogP contribution is -2.19. The highest BCUT2D eigenvalue weighted by Gasteiger charge is 2.25. The van der Waals surface area contributed by atoms with Crippen LogP contribution in [0, 0.1) is 24.2 Å². The van der Waals surface area contributed by atoms with Gasteiger partial charge in [0, 0.05) is 17.5 Å². The Morgan fingerprint density at radius 2 is 2.27 bits per heavy atom. The largest absolute Gasteiger partial charge is 0.465 e. The number of rotatable bonds is 6. The van der Waals surface area contributed by atoms with Crippen molar-refractivity contribution < 1.29 is 9.53 Å². The molecule has 0 amide bonds. The fraction of sp³-hybridized carbons (Fsp3) is 0.471. The molecule has 2 aromatic rings. The molecule has 0 aromatic carbocycles. The van der Waals surface area contributed by atoms with E-state index in [1.807, 2.05) is 38.3 Å². The first-order valence-corrected chi connectivity index (χ1v) is 8.29. The second-order valence-corrected chi connectivity index (χ2v) is 6.65. The summed E-state index contributed by atoms with van der Waals surface area (Å²) in [5, 5.41) is 11.9. The molecule has 0 bridgehead atoms. The maximum Gasteiger partial charge on any atom is 0.313 e. The summed E-state index contributed by atoms with van der Waals surface area (Å²) in [7, 11) is 0. The van der Waals surface area contributed by atoms with Gasteiger partial charge in [-0.1, -0.05) is 13.8 Å². The van der Waals surface area contributed by atoms with Gasteiger partial charge in [0.15, 0.2) is 0 Å². The lowest BCUT2D eigenvalue weighted by Gasteiger charge is -2.18. The van der Waals surface area contributed by atoms with E-state index in [9.17, 15) is 4.79 Å². The normalized spacial score (nSPS) is 12.3. The Kier molecular flexibility index (Phi) is 5.51. The second-order valence-electron chi connectivity index (χ2n) is 5.75. The molecule has 0 fully saturated rings. The topological polar surface area (TPSA) is 63.0 Å². The van der Waals surface area contributed by atoms with Crippen LogP contribution in [0.1, 0.15) is 43.9 Å². The number of nitriles is 1. The van der Waals surface area contributed by atoms with Crippen LogP contribution in [0.2, 0.25) is 0 Å². The lowest BCUT2D eigenvalue weighted by atomic mass is 9.93. The van der Waals surface area contributed by atoms with Gasteiger partial charge in [0.2, 0.25) is 0 Å². The molecule has 0 saturated carbocycles. The van der Waals surface area contributed by atoms with Gasteiger partial charge in [-0.05, 0) is 42.3 Å². The number of aryl methyl sites for hydroxylation is 1. The third kappa shape index (κ3) is 3.83. The van der Waals surface area contributed by atoms with E-state index in [1.54, 1.807) is 11.3 Å². The predicted octanol–water partition coefficient (Wildman–Crippen LogP) is 4.19. The van der Waals surface area contributed by atoms with Gasteiger partial charge in [-0.3, -0.25) is 4.79 Å². The first-order valence-electron chi connectivity index (χ1n) is 7.41. The van der Waals surface area contributed by atoms with Gasteiger partial charge in [0.05, 0.1) is 18.6 Å². The van der Waals surface area contributed by atoms with E-state index in [0.717, 1.165) is 21.5 Å². The molecule has 5 heteroatoms. The Balaban J connectivity index is 2.31. The molecular weight excluding hydrogens is 296 g/mol. The molecule has 116 valence electrons. The summed E-state index contributed by atoms with van der Waals surface area (Å²) in [6.07, 6.45) is 0.786. The molecule has 1 unspecified atom stereocenters. The van der Waals surface area contributed by atoms with Crippen LogP contribution < -0.4 is 0 Å². The van der Waals surface area contributed by atoms with E-state index in [0.29, 0.717) is 25.4 Å². The Morgan fingerprint density at radius 1 is 1.50 bits per heavy atom. The van der Waals surface area contributed by atoms with Crippen molar-refractivity contribution in [2.45, 2.75) is 39.5 Å². The van der Waals surface area contributed by atoms with Crippen LogP contribution in [0.25, 0.3) is 10.2 Å². The third-order valence-electron chi connectivity index (χ3n) is 3.44. The molecule has 0 aliphatic heterocycles. The third-order valence-corrected chi connectivity index (χ3v) is 4.26. The fourth-order valence-electron chi connectivity index (χ4n) is 2.31. The van der Waals surface area contributed by atoms with Crippen molar-refractivity contribution in [1.29, 1.82) is 5.26 Å². The van der Waals surface area contributed by atoms with Crippen LogP contribution in [0.4, 0.5) is 0 Å². The van der Waals surface area contributed by atoms with Gasteiger partial charge in [-0.2, -0.15) is 5.26 Å². The molecule has 4 nitrogen and oxygen atoms in total. The van der Waals surface area contributed by atoms with Crippen LogP contribution in [0.15, 0.2) is 17.5 Å². The Hall–Kier alpha value is -1.93. The molecule has 2 heterocycles. The lowest BCUT2D eigenvalue weighted by molar-refractivity contribution is -0.146. The van der Waals surface area contributed by atoms with Crippen molar-refractivity contribution >= 4 is 27.5 Å². The smallest absolute Gasteiger partial charge is 0.313 e. The number of thiophene rings is 1. The Bertz CT molecular complexity index is 700. The minimum Gasteiger partial charge on any atom is -0.465 e. The minimum atomic E-state index is -0.421. The van der Waals surface area contributed by atoms with Gasteiger partial charge in [-0.25, -0.2) is 4.98 Å². The summed E-state index contributed by atoms with van der Waals surface area (Å²) in [5.41, 5.74) is 1.70. The maximum atomic E-state index is 12.4. The Morgan fingerprint density at radius 3 is 2.95 bits per heavy atom. The molecule has 2 rings (SSSR count). The SMILES string of the molecule is Cc1nc2sccc2cc1C(CCC#N)C(=O)OCC(C)C. The number of hydrogen-bond acceptors (Lipinski definition) is 5. The van der Waals surface area contributed by atoms with Gasteiger partial charge in [-0.15, -0.1) is 11.3 Å². The highest BCUT2D eigenvalue weighted by atomic mass is 32.1. The number of fused-ring (bicyclic) bond motifs is 1. The van der Waals surface area contributed by atoms with Crippen molar-refractivity contribution in [2.24, 2.45) is 5.92 Å². The average molecular weight is 316 g/mol. The minimum absolute atomic E-state index is 0.261. The van der Waals surface area contributed by atoms with E-state index >= 15 is 0 Å². The highest BCUT2D eigenvalue weighted by molar-refractivity contribution is 7.16. The van der Waals surface area contributed by atoms with Crippen LogP contribution in [0.5, 0.6) is 0 Å². The number of carbonyl (C=O) groups is 1. The predicted molar refractivity (Wildman–Crippen MR) is 87.7 cm³/mol. The highest BCUT2D eigenvalue weighted by Crippen LogP contribution is 2.30. The van der Waals surface area contributed by atoms with Crippen molar-refractivity contribution in [3.8, 4) is 6.07 Å². The van der Waals surface area contributed by atoms with Crippen LogP contribution >= 0.6 is 11.3 Å². The summed E-state index contributed by atoms with van der Waals surface area (Å²) in [4.78, 5) is 18.0. The van der Waals surface area contributed by atoms with Crippen molar-refractivity contribution in [1.82, 2.24) is 4.98 Å². The summed E-state index contributed by atoms with van der Waals surface area (Å²) in [5.74, 6) is -0.391. The molecule has 0 radical (unpaired) electrons. The summed E-state index contributed by atoms with van der Waals surface area (Å²) in [6, 6.07) is 6.12. The van der Waals surface area contributed by atoms with E-state index in [-0.39, 0.29) is 5.97 Å². The first-order chi connectivity index (χ1) is 10.5. The zero-order chi connectivity index (χ0) is 16.1. The standard InChI is InChI=1S/C17H20N2O2S/c1-11(2)10-21-17(20)14(5-4-7-18)15-9-13-6-8-22-16(13)19-12(15)3/h6,8-9,11,14H,4-5,10H2,1-3H3. The molecule has 0 aliphatic carbocycles. The van der Waals surface area contributed by atoms with E-state index in [1.165, 1.54) is 0 Å². The van der Waals surface area contributed by atoms with Gasteiger partial charge >= 0.3 is 5.97 Å². The number of ether oxygens (including phenoxy) is 1. The molecular formula is C17H20N2O2S. The molecule has 2 aromatic heterocycles. The van der Waals surface area contributed by atoms with Crippen LogP contribution in [-0.4, -0.2) is 17.6 Å². The van der Waals surface area contributed by atoms with Gasteiger partial charge in [0.25, 0.3) is 0 Å². The monoisotopic (exact) mass is 316 g/mol. The summed E-state index contributed by atoms with van der Waals surface area (Å²) in [6.45, 7) is 6.31. The average Bonchev–Trinajstić information content (AvgIpc) is 2.92. The number of esters is 1. The van der Waals surface area contributed by atoms with Gasteiger partial charge < -0.3 is 4.74 Å². The Labute approximate surface area is 134 Å². The molecule has 1 atom stereocenters. The molecule has 0 saturated heterocycles. The zero-order valence-electron chi connectivity index (χ0n) is 13.1. The van der Waals surface area contributed by atoms with Crippen molar-refractivity contribution in [2.75, 3.05) is 6.61 Å². The number of carbonyl (C=O) groups excluding carboxylic acids is 1. The molecule has 0 N–H and O–H groups in total. The molecule has 22 heavy (non-hydrogen) atoms. The first kappa shape index (κ1) is 16.4. The fourth-order valence-corrected chi connectivity index (χ4v) is 3.11. The van der Waals surface area contributed by atoms with E-state index < -0.39 is 5.92 Å². The van der Waals surface area contributed by atoms with E-state index in [2.05, 4.69) is 11.1 Å². The van der Waals surface area contributed by atoms with E-state index in [4.69, 9.17) is 10.00 Å². The summed E-state index contributed by atoms with van der Waals surface area (Å²) >= 11 is 1.58. The number of aromatic nitrogens is 1. The number of pyridine rings is 1. The molecule has 0 spiro atoms. The molecule has 0 aliphatic rings. The maximum absolute atomic E-state index is 12.4. The van der Waals surface area contributed by atoms with Crippen LogP contribution in [-0.2, 0) is 9.53 Å². The second kappa shape index (κ2) is 7.37. The zero-order valence-corrected chi connectivity index (χ0v) is 13.9. The summed E-state index contributed by atoms with van der Waals surface area (Å²) < 4.78 is 5.39. The van der Waals surface area contributed by atoms with Crippen LogP contribution in [0.3, 0.4) is 0 Å². The quantitative estimate of drug-likeness (QED) is 0.750. The number of nitrogens with zero attached hydrogens (tertiary/aromatic N) is 2. The van der Waals surface area contributed by atoms with Gasteiger partial charge in [0.1, 0.15) is 4.83 Å². The van der Waals surface area contributed by atoms with Crippen molar-refractivity contribution in [3.05, 3.63) is 28.8 Å².